The lowest BCUT2D eigenvalue weighted by molar-refractivity contribution is -0.141. The molecule has 2 aromatic rings. The van der Waals surface area contributed by atoms with Crippen LogP contribution in [0.2, 0.25) is 0 Å². The van der Waals surface area contributed by atoms with Crippen LogP contribution in [-0.4, -0.2) is 47.4 Å². The topological polar surface area (TPSA) is 122 Å². The van der Waals surface area contributed by atoms with E-state index in [1.165, 1.54) is 12.5 Å². The third-order valence-electron chi connectivity index (χ3n) is 7.81. The van der Waals surface area contributed by atoms with Gasteiger partial charge in [-0.05, 0) is 44.1 Å². The van der Waals surface area contributed by atoms with E-state index in [1.54, 1.807) is 0 Å². The molecule has 1 fully saturated rings. The molecule has 3 unspecified atom stereocenters. The maximum absolute atomic E-state index is 13.9. The van der Waals surface area contributed by atoms with Gasteiger partial charge in [0.15, 0.2) is 23.2 Å². The quantitative estimate of drug-likeness (QED) is 0.206. The molecular formula is C34H38F4N2O6. The lowest BCUT2D eigenvalue weighted by Crippen LogP contribution is -2.52. The van der Waals surface area contributed by atoms with E-state index in [9.17, 15) is 41.8 Å². The molecule has 0 aromatic heterocycles. The van der Waals surface area contributed by atoms with Crippen LogP contribution in [-0.2, 0) is 19.2 Å². The van der Waals surface area contributed by atoms with Crippen molar-refractivity contribution in [1.82, 2.24) is 10.6 Å². The average Bonchev–Trinajstić information content (AvgIpc) is 3.14. The zero-order chi connectivity index (χ0) is 33.6. The highest BCUT2D eigenvalue weighted by atomic mass is 19.2. The molecule has 0 spiro atoms. The number of hydrogen-bond donors (Lipinski definition) is 3. The summed E-state index contributed by atoms with van der Waals surface area (Å²) < 4.78 is 59.3. The number of amides is 2. The third kappa shape index (κ3) is 10.8. The van der Waals surface area contributed by atoms with Crippen LogP contribution in [0.3, 0.4) is 0 Å². The second-order valence-electron chi connectivity index (χ2n) is 11.2. The summed E-state index contributed by atoms with van der Waals surface area (Å²) in [5, 5.41) is 14.1. The Hall–Kier alpha value is -4.48. The van der Waals surface area contributed by atoms with Crippen molar-refractivity contribution in [3.8, 4) is 5.75 Å². The van der Waals surface area contributed by atoms with Gasteiger partial charge in [-0.15, -0.1) is 0 Å². The summed E-state index contributed by atoms with van der Waals surface area (Å²) in [7, 11) is 0. The van der Waals surface area contributed by atoms with Gasteiger partial charge in [0.25, 0.3) is 0 Å². The standard InChI is InChI=1S/C34H38F4N2O6/c1-21(33(44)40-27(19-29(42)43)28(41)20-46-32-30(37)25(35)18-26(36)31(32)38)39-34(45)24-15-10-9-14-23(16-11-17-24)22-12-7-5-3-2-4-6-8-13-22/h2-8,12-13,18,21,23-24,27H,9-11,14-17,19-20H2,1H3,(H,39,45)(H,40,44)(H,42,43)/t21-,23?,24?,27?/m0/s1. The van der Waals surface area contributed by atoms with Crippen LogP contribution < -0.4 is 15.4 Å². The van der Waals surface area contributed by atoms with Gasteiger partial charge in [0.05, 0.1) is 6.42 Å². The average molecular weight is 647 g/mol. The van der Waals surface area contributed by atoms with Crippen molar-refractivity contribution in [2.24, 2.45) is 5.92 Å². The fraction of sp³-hybridized carbons (Fsp3) is 0.412. The van der Waals surface area contributed by atoms with E-state index in [2.05, 4.69) is 27.5 Å². The third-order valence-corrected chi connectivity index (χ3v) is 7.81. The maximum Gasteiger partial charge on any atom is 0.305 e. The molecule has 0 heterocycles. The zero-order valence-corrected chi connectivity index (χ0v) is 25.4. The second kappa shape index (κ2) is 17.9. The summed E-state index contributed by atoms with van der Waals surface area (Å²) in [6, 6.07) is 15.1. The molecule has 12 heteroatoms. The Morgan fingerprint density at radius 3 is 1.98 bits per heavy atom. The first-order valence-electron chi connectivity index (χ1n) is 15.2. The molecule has 0 aliphatic heterocycles. The molecule has 46 heavy (non-hydrogen) atoms. The molecule has 2 aromatic carbocycles. The number of carbonyl (C=O) groups is 4. The maximum atomic E-state index is 13.9. The number of carboxylic acid groups (broad SMARTS) is 1. The predicted molar refractivity (Wildman–Crippen MR) is 161 cm³/mol. The molecule has 0 radical (unpaired) electrons. The van der Waals surface area contributed by atoms with Gasteiger partial charge in [0, 0.05) is 12.0 Å². The van der Waals surface area contributed by atoms with E-state index in [4.69, 9.17) is 0 Å². The van der Waals surface area contributed by atoms with Gasteiger partial charge in [-0.2, -0.15) is 8.78 Å². The van der Waals surface area contributed by atoms with Crippen LogP contribution >= 0.6 is 0 Å². The molecule has 4 atom stereocenters. The van der Waals surface area contributed by atoms with E-state index in [0.717, 1.165) is 32.1 Å². The highest BCUT2D eigenvalue weighted by Crippen LogP contribution is 2.32. The van der Waals surface area contributed by atoms with Crippen LogP contribution in [0.25, 0.3) is 0 Å². The summed E-state index contributed by atoms with van der Waals surface area (Å²) in [6.45, 7) is 0.169. The summed E-state index contributed by atoms with van der Waals surface area (Å²) in [6.07, 6.45) is 4.71. The number of carbonyl (C=O) groups excluding carboxylic acids is 3. The van der Waals surface area contributed by atoms with Crippen LogP contribution in [0, 0.1) is 29.2 Å². The molecule has 8 nitrogen and oxygen atoms in total. The van der Waals surface area contributed by atoms with Crippen molar-refractivity contribution in [2.75, 3.05) is 6.61 Å². The monoisotopic (exact) mass is 646 g/mol. The first kappa shape index (κ1) is 36.0. The van der Waals surface area contributed by atoms with Crippen molar-refractivity contribution in [3.05, 3.63) is 89.5 Å². The predicted octanol–water partition coefficient (Wildman–Crippen LogP) is 5.92. The van der Waals surface area contributed by atoms with E-state index in [0.29, 0.717) is 18.8 Å². The first-order chi connectivity index (χ1) is 22.0. The Labute approximate surface area is 264 Å². The van der Waals surface area contributed by atoms with Gasteiger partial charge in [-0.25, -0.2) is 8.78 Å². The smallest absolute Gasteiger partial charge is 0.305 e. The van der Waals surface area contributed by atoms with E-state index in [1.807, 2.05) is 42.5 Å². The van der Waals surface area contributed by atoms with Crippen LogP contribution in [0.15, 0.2) is 60.7 Å². The number of hydrogen-bond acceptors (Lipinski definition) is 5. The van der Waals surface area contributed by atoms with Crippen LogP contribution in [0.1, 0.15) is 69.8 Å². The normalized spacial score (nSPS) is 17.9. The number of Topliss-reactive ketones (excluding diaryl/α,β-unsaturated/α-hetero) is 1. The molecule has 1 aliphatic rings. The van der Waals surface area contributed by atoms with Crippen LogP contribution in [0.4, 0.5) is 17.6 Å². The van der Waals surface area contributed by atoms with Gasteiger partial charge in [0.2, 0.25) is 23.4 Å². The molecule has 3 N–H and O–H groups in total. The number of nitrogens with one attached hydrogen (secondary N) is 2. The molecule has 248 valence electrons. The number of benzene rings is 1. The summed E-state index contributed by atoms with van der Waals surface area (Å²) in [5.74, 6) is -12.6. The second-order valence-corrected chi connectivity index (χ2v) is 11.2. The Morgan fingerprint density at radius 2 is 1.37 bits per heavy atom. The number of aliphatic carboxylic acids is 1. The molecule has 2 amide bonds. The Bertz CT molecular complexity index is 1400. The van der Waals surface area contributed by atoms with Crippen molar-refractivity contribution >= 4 is 23.6 Å². The van der Waals surface area contributed by atoms with Crippen molar-refractivity contribution in [2.45, 2.75) is 76.3 Å². The van der Waals surface area contributed by atoms with Gasteiger partial charge >= 0.3 is 5.97 Å². The fourth-order valence-corrected chi connectivity index (χ4v) is 5.29. The molecule has 3 rings (SSSR count). The largest absolute Gasteiger partial charge is 0.481 e. The number of carboxylic acids is 1. The minimum Gasteiger partial charge on any atom is -0.481 e. The Morgan fingerprint density at radius 1 is 0.826 bits per heavy atom. The van der Waals surface area contributed by atoms with Crippen molar-refractivity contribution in [3.63, 3.8) is 0 Å². The number of ketones is 1. The minimum absolute atomic E-state index is 0.0396. The van der Waals surface area contributed by atoms with Gasteiger partial charge < -0.3 is 20.5 Å². The Kier molecular flexibility index (Phi) is 14.0. The summed E-state index contributed by atoms with van der Waals surface area (Å²) >= 11 is 0. The highest BCUT2D eigenvalue weighted by molar-refractivity contribution is 5.95. The molecule has 0 bridgehead atoms. The van der Waals surface area contributed by atoms with Gasteiger partial charge in [-0.3, -0.25) is 19.2 Å². The number of rotatable bonds is 11. The van der Waals surface area contributed by atoms with Crippen molar-refractivity contribution < 1.29 is 46.6 Å². The van der Waals surface area contributed by atoms with E-state index < -0.39 is 71.8 Å². The zero-order valence-electron chi connectivity index (χ0n) is 25.4. The lowest BCUT2D eigenvalue weighted by atomic mass is 9.90. The first-order valence-corrected chi connectivity index (χ1v) is 15.2. The highest BCUT2D eigenvalue weighted by Gasteiger charge is 2.30. The molecule has 1 aliphatic carbocycles. The Balaban J connectivity index is 1.58. The fourth-order valence-electron chi connectivity index (χ4n) is 5.29. The SMILES string of the molecule is C[C@H](NC(=O)C1CCCCC(c2ccccccccc2)CCC1)C(=O)NC(CC(=O)O)C(=O)COc1c(F)c(F)cc(F)c1F. The van der Waals surface area contributed by atoms with Gasteiger partial charge in [0.1, 0.15) is 18.7 Å². The van der Waals surface area contributed by atoms with Crippen molar-refractivity contribution in [1.29, 1.82) is 0 Å². The molecular weight excluding hydrogens is 608 g/mol. The summed E-state index contributed by atoms with van der Waals surface area (Å²) in [5.41, 5.74) is 1.22. The minimum atomic E-state index is -1.88. The van der Waals surface area contributed by atoms with E-state index >= 15 is 0 Å². The number of halogens is 4. The van der Waals surface area contributed by atoms with Gasteiger partial charge in [-0.1, -0.05) is 73.9 Å². The summed E-state index contributed by atoms with van der Waals surface area (Å²) in [4.78, 5) is 50.0. The molecule has 0 saturated heterocycles. The lowest BCUT2D eigenvalue weighted by Gasteiger charge is -2.22. The number of ether oxygens (including phenoxy) is 1. The van der Waals surface area contributed by atoms with Crippen LogP contribution in [0.5, 0.6) is 5.75 Å². The molecule has 1 saturated carbocycles. The van der Waals surface area contributed by atoms with E-state index in [-0.39, 0.29) is 17.9 Å².